The monoisotopic (exact) mass is 260 g/mol. The highest BCUT2D eigenvalue weighted by Crippen LogP contribution is 2.28. The topological polar surface area (TPSA) is 24.5 Å². The molecule has 0 aromatic heterocycles. The van der Waals surface area contributed by atoms with E-state index in [1.54, 1.807) is 0 Å². The molecule has 0 saturated carbocycles. The molecular weight excluding hydrogens is 236 g/mol. The van der Waals surface area contributed by atoms with Crippen LogP contribution in [0.3, 0.4) is 0 Å². The van der Waals surface area contributed by atoms with E-state index in [2.05, 4.69) is 48.3 Å². The predicted octanol–water partition coefficient (Wildman–Crippen LogP) is 2.41. The largest absolute Gasteiger partial charge is 0.381 e. The van der Waals surface area contributed by atoms with E-state index in [1.165, 1.54) is 17.7 Å². The lowest BCUT2D eigenvalue weighted by molar-refractivity contribution is 0.186. The minimum atomic E-state index is 0.151. The van der Waals surface area contributed by atoms with E-state index >= 15 is 0 Å². The number of rotatable bonds is 2. The van der Waals surface area contributed by atoms with Crippen molar-refractivity contribution in [2.24, 2.45) is 5.92 Å². The predicted molar refractivity (Wildman–Crippen MR) is 78.5 cm³/mol. The third-order valence-corrected chi connectivity index (χ3v) is 4.18. The fourth-order valence-corrected chi connectivity index (χ4v) is 3.12. The highest BCUT2D eigenvalue weighted by Gasteiger charge is 2.29. The Balaban J connectivity index is 1.85. The molecule has 1 aromatic carbocycles. The maximum absolute atomic E-state index is 5.53. The summed E-state index contributed by atoms with van der Waals surface area (Å²) in [6.07, 6.45) is 1.20. The molecule has 0 radical (unpaired) electrons. The lowest BCUT2D eigenvalue weighted by atomic mass is 10.0. The molecule has 1 fully saturated rings. The minimum absolute atomic E-state index is 0.151. The summed E-state index contributed by atoms with van der Waals surface area (Å²) < 4.78 is 5.53. The number of fused-ring (bicyclic) bond motifs is 1. The second kappa shape index (κ2) is 5.14. The Morgan fingerprint density at radius 1 is 1.37 bits per heavy atom. The Bertz CT molecular complexity index is 438. The quantitative estimate of drug-likeness (QED) is 0.884. The third-order valence-electron chi connectivity index (χ3n) is 4.18. The molecule has 1 aromatic rings. The molecule has 104 valence electrons. The molecule has 2 heterocycles. The molecule has 2 aliphatic heterocycles. The van der Waals surface area contributed by atoms with Gasteiger partial charge in [-0.15, -0.1) is 0 Å². The Morgan fingerprint density at radius 3 is 3.00 bits per heavy atom. The Kier molecular flexibility index (Phi) is 3.50. The first-order chi connectivity index (χ1) is 9.14. The van der Waals surface area contributed by atoms with E-state index in [0.717, 1.165) is 32.8 Å². The van der Waals surface area contributed by atoms with Crippen molar-refractivity contribution in [2.45, 2.75) is 32.4 Å². The summed E-state index contributed by atoms with van der Waals surface area (Å²) in [6, 6.07) is 8.78. The first kappa shape index (κ1) is 12.9. The van der Waals surface area contributed by atoms with Crippen molar-refractivity contribution in [1.82, 2.24) is 5.32 Å². The van der Waals surface area contributed by atoms with Gasteiger partial charge in [-0.2, -0.15) is 0 Å². The second-order valence-corrected chi connectivity index (χ2v) is 6.48. The molecule has 1 atom stereocenters. The maximum atomic E-state index is 5.53. The summed E-state index contributed by atoms with van der Waals surface area (Å²) in [5, 5.41) is 3.66. The lowest BCUT2D eigenvalue weighted by Gasteiger charge is -2.33. The SMILES string of the molecule is CC1(C)CN(CC2CCOC2)c2ccccc2CN1. The van der Waals surface area contributed by atoms with Crippen LogP contribution in [0.25, 0.3) is 0 Å². The van der Waals surface area contributed by atoms with Crippen LogP contribution in [0.2, 0.25) is 0 Å². The number of hydrogen-bond donors (Lipinski definition) is 1. The fraction of sp³-hybridized carbons (Fsp3) is 0.625. The van der Waals surface area contributed by atoms with Crippen molar-refractivity contribution in [2.75, 3.05) is 31.2 Å². The summed E-state index contributed by atoms with van der Waals surface area (Å²) in [6.45, 7) is 9.56. The molecule has 3 rings (SSSR count). The van der Waals surface area contributed by atoms with Crippen molar-refractivity contribution >= 4 is 5.69 Å². The highest BCUT2D eigenvalue weighted by molar-refractivity contribution is 5.55. The second-order valence-electron chi connectivity index (χ2n) is 6.48. The van der Waals surface area contributed by atoms with Gasteiger partial charge in [0.1, 0.15) is 0 Å². The van der Waals surface area contributed by atoms with Crippen LogP contribution in [0.15, 0.2) is 24.3 Å². The average molecular weight is 260 g/mol. The number of nitrogens with one attached hydrogen (secondary N) is 1. The van der Waals surface area contributed by atoms with E-state index in [9.17, 15) is 0 Å². The molecule has 0 aliphatic carbocycles. The first-order valence-electron chi connectivity index (χ1n) is 7.30. The van der Waals surface area contributed by atoms with Crippen LogP contribution in [0, 0.1) is 5.92 Å². The van der Waals surface area contributed by atoms with Crippen LogP contribution in [-0.4, -0.2) is 31.8 Å². The summed E-state index contributed by atoms with van der Waals surface area (Å²) in [5.74, 6) is 0.682. The molecule has 2 aliphatic rings. The van der Waals surface area contributed by atoms with Crippen LogP contribution < -0.4 is 10.2 Å². The molecule has 0 amide bonds. The van der Waals surface area contributed by atoms with E-state index in [0.29, 0.717) is 5.92 Å². The van der Waals surface area contributed by atoms with Gasteiger partial charge >= 0.3 is 0 Å². The molecule has 19 heavy (non-hydrogen) atoms. The molecule has 1 N–H and O–H groups in total. The normalized spacial score (nSPS) is 26.0. The zero-order valence-corrected chi connectivity index (χ0v) is 12.0. The van der Waals surface area contributed by atoms with Gasteiger partial charge in [-0.25, -0.2) is 0 Å². The number of nitrogens with zero attached hydrogens (tertiary/aromatic N) is 1. The van der Waals surface area contributed by atoms with Crippen LogP contribution in [0.5, 0.6) is 0 Å². The van der Waals surface area contributed by atoms with Crippen LogP contribution in [0.4, 0.5) is 5.69 Å². The van der Waals surface area contributed by atoms with E-state index < -0.39 is 0 Å². The average Bonchev–Trinajstić information content (AvgIpc) is 2.84. The summed E-state index contributed by atoms with van der Waals surface area (Å²) in [7, 11) is 0. The van der Waals surface area contributed by atoms with Crippen molar-refractivity contribution < 1.29 is 4.74 Å². The number of para-hydroxylation sites is 1. The van der Waals surface area contributed by atoms with Crippen LogP contribution in [-0.2, 0) is 11.3 Å². The van der Waals surface area contributed by atoms with Gasteiger partial charge in [0.15, 0.2) is 0 Å². The molecular formula is C16H24N2O. The van der Waals surface area contributed by atoms with Crippen LogP contribution in [0.1, 0.15) is 25.8 Å². The van der Waals surface area contributed by atoms with Gasteiger partial charge < -0.3 is 15.0 Å². The zero-order valence-electron chi connectivity index (χ0n) is 12.0. The number of ether oxygens (including phenoxy) is 1. The molecule has 0 bridgehead atoms. The Labute approximate surface area is 115 Å². The van der Waals surface area contributed by atoms with Gasteiger partial charge in [0.2, 0.25) is 0 Å². The number of anilines is 1. The summed E-state index contributed by atoms with van der Waals surface area (Å²) in [5.41, 5.74) is 2.96. The smallest absolute Gasteiger partial charge is 0.0512 e. The van der Waals surface area contributed by atoms with E-state index in [1.807, 2.05) is 0 Å². The van der Waals surface area contributed by atoms with Gasteiger partial charge in [-0.3, -0.25) is 0 Å². The molecule has 3 nitrogen and oxygen atoms in total. The molecule has 1 unspecified atom stereocenters. The van der Waals surface area contributed by atoms with Crippen LogP contribution >= 0.6 is 0 Å². The summed E-state index contributed by atoms with van der Waals surface area (Å²) >= 11 is 0. The van der Waals surface area contributed by atoms with Crippen molar-refractivity contribution in [3.05, 3.63) is 29.8 Å². The fourth-order valence-electron chi connectivity index (χ4n) is 3.12. The van der Waals surface area contributed by atoms with Gasteiger partial charge in [0.25, 0.3) is 0 Å². The van der Waals surface area contributed by atoms with E-state index in [4.69, 9.17) is 4.74 Å². The van der Waals surface area contributed by atoms with Crippen molar-refractivity contribution in [3.63, 3.8) is 0 Å². The van der Waals surface area contributed by atoms with Gasteiger partial charge in [-0.05, 0) is 31.9 Å². The van der Waals surface area contributed by atoms with Gasteiger partial charge in [-0.1, -0.05) is 18.2 Å². The third kappa shape index (κ3) is 2.93. The summed E-state index contributed by atoms with van der Waals surface area (Å²) in [4.78, 5) is 2.55. The zero-order chi connectivity index (χ0) is 13.3. The number of benzene rings is 1. The maximum Gasteiger partial charge on any atom is 0.0512 e. The van der Waals surface area contributed by atoms with Gasteiger partial charge in [0.05, 0.1) is 6.61 Å². The lowest BCUT2D eigenvalue weighted by Crippen LogP contribution is -2.47. The minimum Gasteiger partial charge on any atom is -0.381 e. The molecule has 1 saturated heterocycles. The Hall–Kier alpha value is -1.06. The molecule has 0 spiro atoms. The molecule has 3 heteroatoms. The van der Waals surface area contributed by atoms with Crippen molar-refractivity contribution in [1.29, 1.82) is 0 Å². The standard InChI is InChI=1S/C16H24N2O/c1-16(2)12-18(10-13-7-8-19-11-13)15-6-4-3-5-14(15)9-17-16/h3-6,13,17H,7-12H2,1-2H3. The van der Waals surface area contributed by atoms with E-state index in [-0.39, 0.29) is 5.54 Å². The Morgan fingerprint density at radius 2 is 2.21 bits per heavy atom. The highest BCUT2D eigenvalue weighted by atomic mass is 16.5. The first-order valence-corrected chi connectivity index (χ1v) is 7.30. The van der Waals surface area contributed by atoms with Crippen molar-refractivity contribution in [3.8, 4) is 0 Å². The van der Waals surface area contributed by atoms with Gasteiger partial charge in [0, 0.05) is 43.4 Å². The number of hydrogen-bond acceptors (Lipinski definition) is 3.